The van der Waals surface area contributed by atoms with Crippen LogP contribution in [0.3, 0.4) is 0 Å². The summed E-state index contributed by atoms with van der Waals surface area (Å²) >= 11 is 0. The second-order valence-corrected chi connectivity index (χ2v) is 5.93. The minimum Gasteiger partial charge on any atom is -0.487 e. The summed E-state index contributed by atoms with van der Waals surface area (Å²) in [6, 6.07) is 16.3. The Balaban J connectivity index is 1.44. The van der Waals surface area contributed by atoms with Gasteiger partial charge in [0.15, 0.2) is 0 Å². The normalized spacial score (nSPS) is 14.0. The van der Waals surface area contributed by atoms with Crippen LogP contribution in [-0.4, -0.2) is 28.1 Å². The summed E-state index contributed by atoms with van der Waals surface area (Å²) in [6.07, 6.45) is 3.89. The molecule has 0 atom stereocenters. The molecule has 0 amide bonds. The van der Waals surface area contributed by atoms with E-state index < -0.39 is 0 Å². The van der Waals surface area contributed by atoms with Gasteiger partial charge in [-0.1, -0.05) is 24.3 Å². The smallest absolute Gasteiger partial charge is 0.134 e. The van der Waals surface area contributed by atoms with Gasteiger partial charge in [0.1, 0.15) is 18.1 Å². The predicted octanol–water partition coefficient (Wildman–Crippen LogP) is 2.53. The zero-order chi connectivity index (χ0) is 16.2. The molecule has 5 nitrogen and oxygen atoms in total. The van der Waals surface area contributed by atoms with Gasteiger partial charge < -0.3 is 10.1 Å². The first-order valence-electron chi connectivity index (χ1n) is 8.30. The van der Waals surface area contributed by atoms with Crippen LogP contribution in [0.5, 0.6) is 5.75 Å². The van der Waals surface area contributed by atoms with Crippen molar-refractivity contribution in [3.05, 3.63) is 71.5 Å². The topological polar surface area (TPSA) is 52.0 Å². The summed E-state index contributed by atoms with van der Waals surface area (Å²) in [6.45, 7) is 2.50. The molecule has 24 heavy (non-hydrogen) atoms. The number of benzene rings is 2. The minimum absolute atomic E-state index is 0.421. The van der Waals surface area contributed by atoms with Crippen LogP contribution in [0.25, 0.3) is 5.69 Å². The molecule has 0 unspecified atom stereocenters. The molecule has 0 spiro atoms. The lowest BCUT2D eigenvalue weighted by molar-refractivity contribution is 0.300. The number of nitrogens with zero attached hydrogens (tertiary/aromatic N) is 3. The van der Waals surface area contributed by atoms with E-state index >= 15 is 0 Å². The third-order valence-electron chi connectivity index (χ3n) is 4.23. The zero-order valence-electron chi connectivity index (χ0n) is 13.5. The number of rotatable bonds is 4. The fourth-order valence-electron chi connectivity index (χ4n) is 2.94. The second-order valence-electron chi connectivity index (χ2n) is 5.93. The predicted molar refractivity (Wildman–Crippen MR) is 92.4 cm³/mol. The Morgan fingerprint density at radius 2 is 1.83 bits per heavy atom. The third kappa shape index (κ3) is 3.31. The van der Waals surface area contributed by atoms with Gasteiger partial charge in [0, 0.05) is 0 Å². The van der Waals surface area contributed by atoms with Crippen molar-refractivity contribution in [3.63, 3.8) is 0 Å². The highest BCUT2D eigenvalue weighted by Gasteiger charge is 2.09. The molecule has 1 aliphatic rings. The Labute approximate surface area is 141 Å². The molecule has 5 heteroatoms. The van der Waals surface area contributed by atoms with Gasteiger partial charge in [0.05, 0.1) is 11.9 Å². The molecule has 1 aliphatic heterocycles. The molecule has 0 aliphatic carbocycles. The molecular weight excluding hydrogens is 300 g/mol. The average Bonchev–Trinajstić information content (AvgIpc) is 2.98. The summed E-state index contributed by atoms with van der Waals surface area (Å²) in [5, 5.41) is 12.2. The van der Waals surface area contributed by atoms with Crippen LogP contribution >= 0.6 is 0 Å². The fraction of sp³-hybridized carbons (Fsp3) is 0.263. The Morgan fingerprint density at radius 3 is 2.71 bits per heavy atom. The van der Waals surface area contributed by atoms with Crippen LogP contribution in [0.4, 0.5) is 0 Å². The number of hydrogen-bond acceptors (Lipinski definition) is 4. The monoisotopic (exact) mass is 320 g/mol. The molecule has 122 valence electrons. The molecule has 0 saturated carbocycles. The first-order chi connectivity index (χ1) is 11.9. The minimum atomic E-state index is 0.421. The van der Waals surface area contributed by atoms with Gasteiger partial charge in [-0.3, -0.25) is 0 Å². The number of ether oxygens (including phenoxy) is 1. The number of hydrogen-bond donors (Lipinski definition) is 1. The molecule has 1 aromatic heterocycles. The standard InChI is InChI=1S/C19H20N4O/c1-2-4-18(5-3-1)23-21-13-17(22-23)14-24-19-7-6-15-8-10-20-11-9-16(15)12-19/h1-7,12-13,20H,8-11,14H2. The SMILES string of the molecule is c1ccc(-n2ncc(COc3ccc4c(c3)CCNCC4)n2)cc1. The molecule has 0 fully saturated rings. The van der Waals surface area contributed by atoms with Gasteiger partial charge >= 0.3 is 0 Å². The molecule has 0 radical (unpaired) electrons. The molecule has 0 bridgehead atoms. The number of fused-ring (bicyclic) bond motifs is 1. The van der Waals surface area contributed by atoms with E-state index in [4.69, 9.17) is 4.74 Å². The van der Waals surface area contributed by atoms with E-state index in [2.05, 4.69) is 27.6 Å². The molecular formula is C19H20N4O. The van der Waals surface area contributed by atoms with E-state index in [-0.39, 0.29) is 0 Å². The van der Waals surface area contributed by atoms with Crippen molar-refractivity contribution in [3.8, 4) is 11.4 Å². The van der Waals surface area contributed by atoms with E-state index in [1.807, 2.05) is 36.4 Å². The van der Waals surface area contributed by atoms with E-state index in [0.29, 0.717) is 6.61 Å². The quantitative estimate of drug-likeness (QED) is 0.802. The van der Waals surface area contributed by atoms with Crippen molar-refractivity contribution in [1.82, 2.24) is 20.3 Å². The molecule has 2 heterocycles. The average molecular weight is 320 g/mol. The molecule has 4 rings (SSSR count). The van der Waals surface area contributed by atoms with Gasteiger partial charge in [0.25, 0.3) is 0 Å². The van der Waals surface area contributed by atoms with E-state index in [1.165, 1.54) is 11.1 Å². The maximum absolute atomic E-state index is 5.91. The van der Waals surface area contributed by atoms with Gasteiger partial charge in [-0.05, 0) is 61.3 Å². The lowest BCUT2D eigenvalue weighted by Gasteiger charge is -2.09. The summed E-state index contributed by atoms with van der Waals surface area (Å²) in [5.74, 6) is 0.893. The first-order valence-corrected chi connectivity index (χ1v) is 8.30. The number of aromatic nitrogens is 3. The largest absolute Gasteiger partial charge is 0.487 e. The molecule has 3 aromatic rings. The van der Waals surface area contributed by atoms with Crippen molar-refractivity contribution in [2.45, 2.75) is 19.4 Å². The number of nitrogens with one attached hydrogen (secondary N) is 1. The highest BCUT2D eigenvalue weighted by atomic mass is 16.5. The Morgan fingerprint density at radius 1 is 1.00 bits per heavy atom. The van der Waals surface area contributed by atoms with Crippen molar-refractivity contribution in [1.29, 1.82) is 0 Å². The number of para-hydroxylation sites is 1. The summed E-state index contributed by atoms with van der Waals surface area (Å²) in [4.78, 5) is 1.63. The molecule has 2 aromatic carbocycles. The van der Waals surface area contributed by atoms with E-state index in [9.17, 15) is 0 Å². The van der Waals surface area contributed by atoms with Gasteiger partial charge in [0.2, 0.25) is 0 Å². The zero-order valence-corrected chi connectivity index (χ0v) is 13.5. The van der Waals surface area contributed by atoms with Gasteiger partial charge in [-0.25, -0.2) is 0 Å². The molecule has 0 saturated heterocycles. The van der Waals surface area contributed by atoms with Crippen LogP contribution in [0.2, 0.25) is 0 Å². The van der Waals surface area contributed by atoms with E-state index in [1.54, 1.807) is 11.0 Å². The summed E-state index contributed by atoms with van der Waals surface area (Å²) in [7, 11) is 0. The van der Waals surface area contributed by atoms with Crippen LogP contribution in [0, 0.1) is 0 Å². The maximum Gasteiger partial charge on any atom is 0.134 e. The summed E-state index contributed by atoms with van der Waals surface area (Å²) in [5.41, 5.74) is 4.56. The van der Waals surface area contributed by atoms with Crippen molar-refractivity contribution >= 4 is 0 Å². The Bertz CT molecular complexity index is 813. The van der Waals surface area contributed by atoms with Gasteiger partial charge in [-0.15, -0.1) is 5.10 Å². The second kappa shape index (κ2) is 6.84. The van der Waals surface area contributed by atoms with E-state index in [0.717, 1.165) is 43.1 Å². The maximum atomic E-state index is 5.91. The third-order valence-corrected chi connectivity index (χ3v) is 4.23. The van der Waals surface area contributed by atoms with Crippen LogP contribution in [-0.2, 0) is 19.4 Å². The van der Waals surface area contributed by atoms with Crippen LogP contribution in [0.1, 0.15) is 16.8 Å². The highest BCUT2D eigenvalue weighted by molar-refractivity contribution is 5.37. The highest BCUT2D eigenvalue weighted by Crippen LogP contribution is 2.21. The van der Waals surface area contributed by atoms with Crippen molar-refractivity contribution in [2.75, 3.05) is 13.1 Å². The van der Waals surface area contributed by atoms with Crippen molar-refractivity contribution < 1.29 is 4.74 Å². The van der Waals surface area contributed by atoms with Gasteiger partial charge in [-0.2, -0.15) is 9.90 Å². The van der Waals surface area contributed by atoms with Crippen LogP contribution in [0.15, 0.2) is 54.7 Å². The lowest BCUT2D eigenvalue weighted by Crippen LogP contribution is -2.16. The van der Waals surface area contributed by atoms with Crippen molar-refractivity contribution in [2.24, 2.45) is 0 Å². The summed E-state index contributed by atoms with van der Waals surface area (Å²) < 4.78 is 5.91. The first kappa shape index (κ1) is 14.9. The van der Waals surface area contributed by atoms with Crippen LogP contribution < -0.4 is 10.1 Å². The molecule has 1 N–H and O–H groups in total. The fourth-order valence-corrected chi connectivity index (χ4v) is 2.94. The Kier molecular flexibility index (Phi) is 4.25. The lowest BCUT2D eigenvalue weighted by atomic mass is 10.0. The Hall–Kier alpha value is -2.66.